The number of aryl methyl sites for hydroxylation is 1. The van der Waals surface area contributed by atoms with Crippen LogP contribution in [0.25, 0.3) is 11.8 Å². The fraction of sp³-hybridized carbons (Fsp3) is 0.238. The van der Waals surface area contributed by atoms with Gasteiger partial charge in [-0.3, -0.25) is 10.1 Å². The molecule has 2 aromatic heterocycles. The zero-order valence-corrected chi connectivity index (χ0v) is 18.7. The molecule has 3 rings (SSSR count). The minimum absolute atomic E-state index is 0.00447. The Morgan fingerprint density at radius 3 is 2.87 bits per heavy atom. The molecule has 3 aromatic rings. The third kappa shape index (κ3) is 4.56. The Morgan fingerprint density at radius 1 is 1.40 bits per heavy atom. The summed E-state index contributed by atoms with van der Waals surface area (Å²) >= 11 is 2.59. The number of anilines is 1. The van der Waals surface area contributed by atoms with Crippen molar-refractivity contribution in [3.8, 4) is 17.5 Å². The molecule has 1 amide bonds. The third-order valence-electron chi connectivity index (χ3n) is 4.36. The van der Waals surface area contributed by atoms with E-state index in [0.717, 1.165) is 45.7 Å². The van der Waals surface area contributed by atoms with Gasteiger partial charge in [-0.2, -0.15) is 14.6 Å². The number of thioether (sulfide) groups is 1. The summed E-state index contributed by atoms with van der Waals surface area (Å²) in [5, 5.41) is 13.2. The summed E-state index contributed by atoms with van der Waals surface area (Å²) < 4.78 is 11.7. The van der Waals surface area contributed by atoms with Crippen LogP contribution in [0.2, 0.25) is 0 Å². The standard InChI is InChI=1S/C21H21N5O2S2/c1-5-29-21-24-20(30-25-21)23-19(27)16(12-22)11-15-10-13(2)26(14(15)3)17-8-6-7-9-18(17)28-4/h6-11H,5H2,1-4H3,(H,23,24,25,27)/b16-11-. The van der Waals surface area contributed by atoms with Gasteiger partial charge < -0.3 is 9.30 Å². The van der Waals surface area contributed by atoms with Crippen molar-refractivity contribution in [1.82, 2.24) is 13.9 Å². The smallest absolute Gasteiger partial charge is 0.268 e. The Labute approximate surface area is 183 Å². The van der Waals surface area contributed by atoms with Crippen molar-refractivity contribution in [2.45, 2.75) is 25.9 Å². The molecular formula is C21H21N5O2S2. The molecule has 154 valence electrons. The van der Waals surface area contributed by atoms with Gasteiger partial charge in [0.1, 0.15) is 17.4 Å². The fourth-order valence-electron chi connectivity index (χ4n) is 3.04. The quantitative estimate of drug-likeness (QED) is 0.328. The van der Waals surface area contributed by atoms with Crippen molar-refractivity contribution >= 4 is 40.4 Å². The van der Waals surface area contributed by atoms with E-state index in [1.807, 2.05) is 61.7 Å². The minimum Gasteiger partial charge on any atom is -0.495 e. The molecule has 9 heteroatoms. The number of nitrogens with zero attached hydrogens (tertiary/aromatic N) is 4. The number of carbonyl (C=O) groups excluding carboxylic acids is 1. The maximum atomic E-state index is 12.6. The van der Waals surface area contributed by atoms with Crippen LogP contribution < -0.4 is 10.1 Å². The molecule has 0 aliphatic carbocycles. The molecule has 0 aliphatic heterocycles. The molecule has 0 spiro atoms. The van der Waals surface area contributed by atoms with E-state index >= 15 is 0 Å². The first-order valence-electron chi connectivity index (χ1n) is 9.20. The number of carbonyl (C=O) groups is 1. The van der Waals surface area contributed by atoms with Crippen LogP contribution in [0.3, 0.4) is 0 Å². The second-order valence-electron chi connectivity index (χ2n) is 6.27. The summed E-state index contributed by atoms with van der Waals surface area (Å²) in [5.41, 5.74) is 3.54. The van der Waals surface area contributed by atoms with Crippen molar-refractivity contribution < 1.29 is 9.53 Å². The molecule has 30 heavy (non-hydrogen) atoms. The predicted octanol–water partition coefficient (Wildman–Crippen LogP) is 4.61. The normalized spacial score (nSPS) is 11.2. The Balaban J connectivity index is 1.91. The first kappa shape index (κ1) is 21.6. The van der Waals surface area contributed by atoms with E-state index in [1.54, 1.807) is 13.2 Å². The van der Waals surface area contributed by atoms with E-state index in [1.165, 1.54) is 11.8 Å². The average Bonchev–Trinajstić information content (AvgIpc) is 3.29. The van der Waals surface area contributed by atoms with Crippen LogP contribution in [-0.4, -0.2) is 32.7 Å². The van der Waals surface area contributed by atoms with Crippen LogP contribution in [0.5, 0.6) is 5.75 Å². The average molecular weight is 440 g/mol. The second-order valence-corrected chi connectivity index (χ2v) is 8.26. The number of rotatable bonds is 7. The second kappa shape index (κ2) is 9.61. The lowest BCUT2D eigenvalue weighted by Crippen LogP contribution is -2.13. The van der Waals surface area contributed by atoms with Gasteiger partial charge in [-0.1, -0.05) is 30.8 Å². The molecule has 0 bridgehead atoms. The lowest BCUT2D eigenvalue weighted by atomic mass is 10.1. The topological polar surface area (TPSA) is 92.8 Å². The van der Waals surface area contributed by atoms with Crippen molar-refractivity contribution in [2.75, 3.05) is 18.2 Å². The Bertz CT molecular complexity index is 1140. The maximum Gasteiger partial charge on any atom is 0.268 e. The number of nitrogens with one attached hydrogen (secondary N) is 1. The number of aromatic nitrogens is 3. The lowest BCUT2D eigenvalue weighted by Gasteiger charge is -2.13. The molecule has 0 saturated heterocycles. The largest absolute Gasteiger partial charge is 0.495 e. The molecule has 0 fully saturated rings. The number of ether oxygens (including phenoxy) is 1. The monoisotopic (exact) mass is 439 g/mol. The van der Waals surface area contributed by atoms with Crippen LogP contribution in [0, 0.1) is 25.2 Å². The highest BCUT2D eigenvalue weighted by Gasteiger charge is 2.17. The van der Waals surface area contributed by atoms with E-state index in [-0.39, 0.29) is 5.57 Å². The van der Waals surface area contributed by atoms with Crippen LogP contribution in [-0.2, 0) is 4.79 Å². The first-order chi connectivity index (χ1) is 14.5. The van der Waals surface area contributed by atoms with E-state index < -0.39 is 5.91 Å². The van der Waals surface area contributed by atoms with Gasteiger partial charge in [0, 0.05) is 22.9 Å². The van der Waals surface area contributed by atoms with Gasteiger partial charge in [-0.15, -0.1) is 0 Å². The van der Waals surface area contributed by atoms with Gasteiger partial charge in [0.2, 0.25) is 10.3 Å². The van der Waals surface area contributed by atoms with Crippen LogP contribution in [0.1, 0.15) is 23.9 Å². The Morgan fingerprint density at radius 2 is 2.17 bits per heavy atom. The number of benzene rings is 1. The highest BCUT2D eigenvalue weighted by Crippen LogP contribution is 2.29. The van der Waals surface area contributed by atoms with E-state index in [0.29, 0.717) is 10.3 Å². The molecule has 7 nitrogen and oxygen atoms in total. The first-order valence-corrected chi connectivity index (χ1v) is 11.0. The van der Waals surface area contributed by atoms with Gasteiger partial charge in [0.05, 0.1) is 12.8 Å². The maximum absolute atomic E-state index is 12.6. The predicted molar refractivity (Wildman–Crippen MR) is 120 cm³/mol. The highest BCUT2D eigenvalue weighted by molar-refractivity contribution is 7.99. The summed E-state index contributed by atoms with van der Waals surface area (Å²) in [6.07, 6.45) is 1.59. The number of hydrogen-bond acceptors (Lipinski definition) is 7. The number of para-hydroxylation sites is 2. The van der Waals surface area contributed by atoms with E-state index in [4.69, 9.17) is 4.74 Å². The van der Waals surface area contributed by atoms with Crippen molar-refractivity contribution in [1.29, 1.82) is 5.26 Å². The summed E-state index contributed by atoms with van der Waals surface area (Å²) in [6.45, 7) is 5.91. The van der Waals surface area contributed by atoms with Gasteiger partial charge in [0.15, 0.2) is 0 Å². The van der Waals surface area contributed by atoms with E-state index in [9.17, 15) is 10.1 Å². The van der Waals surface area contributed by atoms with Gasteiger partial charge in [-0.05, 0) is 49.4 Å². The summed E-state index contributed by atoms with van der Waals surface area (Å²) in [4.78, 5) is 16.8. The molecule has 1 aromatic carbocycles. The van der Waals surface area contributed by atoms with Crippen molar-refractivity contribution in [3.05, 3.63) is 52.9 Å². The molecular weight excluding hydrogens is 418 g/mol. The SMILES string of the molecule is CCSc1nsc(NC(=O)/C(C#N)=C\c2cc(C)n(-c3ccccc3OC)c2C)n1. The van der Waals surface area contributed by atoms with Gasteiger partial charge >= 0.3 is 0 Å². The number of amides is 1. The van der Waals surface area contributed by atoms with Gasteiger partial charge in [-0.25, -0.2) is 0 Å². The van der Waals surface area contributed by atoms with Crippen LogP contribution in [0.4, 0.5) is 5.13 Å². The van der Waals surface area contributed by atoms with Crippen molar-refractivity contribution in [3.63, 3.8) is 0 Å². The highest BCUT2D eigenvalue weighted by atomic mass is 32.2. The van der Waals surface area contributed by atoms with Crippen LogP contribution in [0.15, 0.2) is 41.1 Å². The van der Waals surface area contributed by atoms with Gasteiger partial charge in [0.25, 0.3) is 5.91 Å². The fourth-order valence-corrected chi connectivity index (χ4v) is 4.30. The lowest BCUT2D eigenvalue weighted by molar-refractivity contribution is -0.112. The van der Waals surface area contributed by atoms with Crippen LogP contribution >= 0.6 is 23.3 Å². The third-order valence-corrected chi connectivity index (χ3v) is 5.84. The molecule has 1 N–H and O–H groups in total. The summed E-state index contributed by atoms with van der Waals surface area (Å²) in [6, 6.07) is 11.6. The Hall–Kier alpha value is -3.09. The number of hydrogen-bond donors (Lipinski definition) is 1. The zero-order valence-electron chi connectivity index (χ0n) is 17.1. The Kier molecular flexibility index (Phi) is 6.92. The molecule has 0 unspecified atom stereocenters. The summed E-state index contributed by atoms with van der Waals surface area (Å²) in [7, 11) is 1.63. The number of nitriles is 1. The molecule has 0 aliphatic rings. The minimum atomic E-state index is -0.510. The molecule has 0 saturated carbocycles. The molecule has 0 radical (unpaired) electrons. The molecule has 2 heterocycles. The van der Waals surface area contributed by atoms with Crippen molar-refractivity contribution in [2.24, 2.45) is 0 Å². The summed E-state index contributed by atoms with van der Waals surface area (Å²) in [5.74, 6) is 1.07. The zero-order chi connectivity index (χ0) is 21.7. The number of methoxy groups -OCH3 is 1. The molecule has 0 atom stereocenters. The van der Waals surface area contributed by atoms with E-state index in [2.05, 4.69) is 14.7 Å².